The zero-order chi connectivity index (χ0) is 22.4. The van der Waals surface area contributed by atoms with Crippen molar-refractivity contribution in [3.8, 4) is 0 Å². The summed E-state index contributed by atoms with van der Waals surface area (Å²) in [5, 5.41) is 1.28. The van der Waals surface area contributed by atoms with Crippen LogP contribution in [0.25, 0.3) is 0 Å². The summed E-state index contributed by atoms with van der Waals surface area (Å²) in [6.45, 7) is 4.34. The molecule has 0 spiro atoms. The summed E-state index contributed by atoms with van der Waals surface area (Å²) >= 11 is 12.4. The third-order valence-corrected chi connectivity index (χ3v) is 6.35. The van der Waals surface area contributed by atoms with Crippen molar-refractivity contribution in [3.05, 3.63) is 69.7 Å². The molecule has 2 aromatic carbocycles. The molecule has 0 aliphatic carbocycles. The van der Waals surface area contributed by atoms with E-state index in [2.05, 4.69) is 0 Å². The molecule has 0 bridgehead atoms. The summed E-state index contributed by atoms with van der Waals surface area (Å²) < 4.78 is 5.53. The summed E-state index contributed by atoms with van der Waals surface area (Å²) in [7, 11) is 0. The van der Waals surface area contributed by atoms with Gasteiger partial charge in [-0.15, -0.1) is 0 Å². The van der Waals surface area contributed by atoms with Crippen LogP contribution < -0.4 is 0 Å². The first kappa shape index (κ1) is 23.6. The topological polar surface area (TPSA) is 46.6 Å². The molecule has 1 fully saturated rings. The molecule has 0 saturated carbocycles. The van der Waals surface area contributed by atoms with Crippen molar-refractivity contribution < 1.29 is 14.3 Å². The van der Waals surface area contributed by atoms with E-state index >= 15 is 0 Å². The van der Waals surface area contributed by atoms with E-state index in [1.165, 1.54) is 0 Å². The van der Waals surface area contributed by atoms with E-state index in [0.29, 0.717) is 35.9 Å². The second-order valence-corrected chi connectivity index (χ2v) is 8.82. The second-order valence-electron chi connectivity index (χ2n) is 7.94. The number of hydrogen-bond donors (Lipinski definition) is 0. The van der Waals surface area contributed by atoms with Crippen LogP contribution in [0.3, 0.4) is 0 Å². The number of hydrogen-bond acceptors (Lipinski definition) is 3. The Bertz CT molecular complexity index is 900. The van der Waals surface area contributed by atoms with Crippen molar-refractivity contribution in [3.63, 3.8) is 0 Å². The highest BCUT2D eigenvalue weighted by molar-refractivity contribution is 6.30. The zero-order valence-corrected chi connectivity index (χ0v) is 19.5. The number of likely N-dealkylation sites (tertiary alicyclic amines) is 1. The van der Waals surface area contributed by atoms with Crippen molar-refractivity contribution in [2.24, 2.45) is 0 Å². The zero-order valence-electron chi connectivity index (χ0n) is 18.0. The third-order valence-electron chi connectivity index (χ3n) is 5.86. The highest BCUT2D eigenvalue weighted by Gasteiger charge is 2.43. The highest BCUT2D eigenvalue weighted by atomic mass is 35.5. The van der Waals surface area contributed by atoms with Crippen molar-refractivity contribution in [2.45, 2.75) is 64.0 Å². The quantitative estimate of drug-likeness (QED) is 0.330. The van der Waals surface area contributed by atoms with Crippen LogP contribution in [0.1, 0.15) is 69.0 Å². The first-order chi connectivity index (χ1) is 15.0. The number of esters is 1. The molecule has 0 N–H and O–H groups in total. The molecule has 4 nitrogen and oxygen atoms in total. The van der Waals surface area contributed by atoms with Gasteiger partial charge >= 0.3 is 5.97 Å². The number of carbonyl (C=O) groups is 2. The monoisotopic (exact) mass is 461 g/mol. The van der Waals surface area contributed by atoms with Crippen LogP contribution >= 0.6 is 23.2 Å². The molecular weight excluding hydrogens is 433 g/mol. The molecule has 1 aliphatic rings. The van der Waals surface area contributed by atoms with E-state index in [0.717, 1.165) is 24.0 Å². The summed E-state index contributed by atoms with van der Waals surface area (Å²) in [5.41, 5.74) is 2.00. The summed E-state index contributed by atoms with van der Waals surface area (Å²) in [5.74, 6) is -0.359. The second kappa shape index (κ2) is 11.0. The average molecular weight is 462 g/mol. The predicted molar refractivity (Wildman–Crippen MR) is 124 cm³/mol. The maximum atomic E-state index is 13.2. The van der Waals surface area contributed by atoms with E-state index in [9.17, 15) is 9.59 Å². The van der Waals surface area contributed by atoms with Crippen molar-refractivity contribution >= 4 is 35.1 Å². The van der Waals surface area contributed by atoms with E-state index in [1.807, 2.05) is 62.4 Å². The largest absolute Gasteiger partial charge is 0.464 e. The minimum Gasteiger partial charge on any atom is -0.464 e. The van der Waals surface area contributed by atoms with Gasteiger partial charge < -0.3 is 9.64 Å². The van der Waals surface area contributed by atoms with Crippen LogP contribution in [-0.2, 0) is 14.3 Å². The summed E-state index contributed by atoms with van der Waals surface area (Å²) in [6, 6.07) is 14.3. The minimum atomic E-state index is -0.632. The maximum Gasteiger partial charge on any atom is 0.328 e. The molecule has 3 atom stereocenters. The van der Waals surface area contributed by atoms with Gasteiger partial charge in [0, 0.05) is 22.4 Å². The molecule has 2 aromatic rings. The fourth-order valence-corrected chi connectivity index (χ4v) is 4.64. The number of halogens is 2. The van der Waals surface area contributed by atoms with Crippen LogP contribution in [0.15, 0.2) is 48.5 Å². The first-order valence-electron chi connectivity index (χ1n) is 10.9. The molecule has 1 amide bonds. The van der Waals surface area contributed by atoms with Gasteiger partial charge in [-0.2, -0.15) is 0 Å². The van der Waals surface area contributed by atoms with Gasteiger partial charge in [0.05, 0.1) is 12.6 Å². The SMILES string of the molecule is CCCCOC(=O)[C@H](CC)N1C(=O)CC[C@H](c2cccc(Cl)c2)[C@H]1c1ccc(Cl)cc1. The lowest BCUT2D eigenvalue weighted by Crippen LogP contribution is -2.51. The molecule has 1 heterocycles. The molecule has 1 saturated heterocycles. The first-order valence-corrected chi connectivity index (χ1v) is 11.7. The van der Waals surface area contributed by atoms with Crippen LogP contribution in [0.5, 0.6) is 0 Å². The van der Waals surface area contributed by atoms with Crippen LogP contribution in [0.2, 0.25) is 10.0 Å². The molecule has 1 aliphatic heterocycles. The minimum absolute atomic E-state index is 0.00932. The molecule has 0 unspecified atom stereocenters. The Morgan fingerprint density at radius 2 is 1.84 bits per heavy atom. The normalized spacial score (nSPS) is 19.9. The predicted octanol–water partition coefficient (Wildman–Crippen LogP) is 6.56. The lowest BCUT2D eigenvalue weighted by molar-refractivity contribution is -0.160. The molecule has 0 radical (unpaired) electrons. The van der Waals surface area contributed by atoms with Crippen molar-refractivity contribution in [1.29, 1.82) is 0 Å². The number of amides is 1. The molecular formula is C25H29Cl2NO3. The van der Waals surface area contributed by atoms with Gasteiger partial charge in [0.15, 0.2) is 0 Å². The number of nitrogens with zero attached hydrogens (tertiary/aromatic N) is 1. The average Bonchev–Trinajstić information content (AvgIpc) is 2.76. The Balaban J connectivity index is 2.03. The van der Waals surface area contributed by atoms with E-state index in [1.54, 1.807) is 4.90 Å². The van der Waals surface area contributed by atoms with Crippen LogP contribution in [-0.4, -0.2) is 29.4 Å². The number of piperidine rings is 1. The van der Waals surface area contributed by atoms with Gasteiger partial charge in [-0.1, -0.05) is 67.7 Å². The maximum absolute atomic E-state index is 13.2. The number of ether oxygens (including phenoxy) is 1. The fourth-order valence-electron chi connectivity index (χ4n) is 4.31. The number of rotatable bonds is 8. The van der Waals surface area contributed by atoms with Crippen LogP contribution in [0, 0.1) is 0 Å². The molecule has 0 aromatic heterocycles. The van der Waals surface area contributed by atoms with Crippen molar-refractivity contribution in [2.75, 3.05) is 6.61 Å². The summed E-state index contributed by atoms with van der Waals surface area (Å²) in [6.07, 6.45) is 3.30. The third kappa shape index (κ3) is 5.61. The molecule has 3 rings (SSSR count). The molecule has 6 heteroatoms. The Labute approximate surface area is 194 Å². The Hall–Kier alpha value is -2.04. The van der Waals surface area contributed by atoms with Crippen LogP contribution in [0.4, 0.5) is 0 Å². The standard InChI is InChI=1S/C25H29Cl2NO3/c1-3-5-15-31-25(30)22(4-2)28-23(29)14-13-21(18-7-6-8-20(27)16-18)24(28)17-9-11-19(26)12-10-17/h6-12,16,21-22,24H,3-5,13-15H2,1-2H3/t21-,22+,24-/m1/s1. The lowest BCUT2D eigenvalue weighted by Gasteiger charge is -2.45. The van der Waals surface area contributed by atoms with Gasteiger partial charge in [0.2, 0.25) is 5.91 Å². The van der Waals surface area contributed by atoms with E-state index < -0.39 is 6.04 Å². The van der Waals surface area contributed by atoms with Crippen molar-refractivity contribution in [1.82, 2.24) is 4.90 Å². The Morgan fingerprint density at radius 1 is 1.10 bits per heavy atom. The Kier molecular flexibility index (Phi) is 8.39. The molecule has 31 heavy (non-hydrogen) atoms. The van der Waals surface area contributed by atoms with Gasteiger partial charge in [-0.3, -0.25) is 4.79 Å². The van der Waals surface area contributed by atoms with Gasteiger partial charge in [0.1, 0.15) is 6.04 Å². The smallest absolute Gasteiger partial charge is 0.328 e. The fraction of sp³-hybridized carbons (Fsp3) is 0.440. The van der Waals surface area contributed by atoms with Gasteiger partial charge in [-0.25, -0.2) is 4.79 Å². The van der Waals surface area contributed by atoms with E-state index in [-0.39, 0.29) is 23.8 Å². The Morgan fingerprint density at radius 3 is 2.48 bits per heavy atom. The van der Waals surface area contributed by atoms with E-state index in [4.69, 9.17) is 27.9 Å². The van der Waals surface area contributed by atoms with Gasteiger partial charge in [-0.05, 0) is 54.7 Å². The number of carbonyl (C=O) groups excluding carboxylic acids is 2. The summed E-state index contributed by atoms with van der Waals surface area (Å²) in [4.78, 5) is 27.9. The number of unbranched alkanes of at least 4 members (excludes halogenated alkanes) is 1. The number of benzene rings is 2. The molecule has 166 valence electrons. The van der Waals surface area contributed by atoms with Gasteiger partial charge in [0.25, 0.3) is 0 Å². The lowest BCUT2D eigenvalue weighted by atomic mass is 9.79. The highest BCUT2D eigenvalue weighted by Crippen LogP contribution is 2.45.